The molecule has 0 aliphatic carbocycles. The molecular weight excluding hydrogens is 274 g/mol. The van der Waals surface area contributed by atoms with Crippen molar-refractivity contribution in [2.75, 3.05) is 13.7 Å². The molecular formula is C16H18ClNO2. The lowest BCUT2D eigenvalue weighted by atomic mass is 10.1. The first-order chi connectivity index (χ1) is 9.72. The van der Waals surface area contributed by atoms with E-state index in [0.717, 1.165) is 30.0 Å². The Bertz CT molecular complexity index is 555. The fourth-order valence-corrected chi connectivity index (χ4v) is 2.11. The maximum absolute atomic E-state index is 5.81. The molecule has 0 bridgehead atoms. The summed E-state index contributed by atoms with van der Waals surface area (Å²) in [6.45, 7) is 2.65. The number of ether oxygens (including phenoxy) is 2. The van der Waals surface area contributed by atoms with Crippen molar-refractivity contribution in [3.05, 3.63) is 53.2 Å². The summed E-state index contributed by atoms with van der Waals surface area (Å²) in [6, 6.07) is 11.7. The molecule has 0 radical (unpaired) electrons. The summed E-state index contributed by atoms with van der Waals surface area (Å²) in [4.78, 5) is 4.38. The first-order valence-corrected chi connectivity index (χ1v) is 7.04. The van der Waals surface area contributed by atoms with E-state index in [9.17, 15) is 0 Å². The first kappa shape index (κ1) is 14.8. The average Bonchev–Trinajstić information content (AvgIpc) is 2.47. The van der Waals surface area contributed by atoms with Gasteiger partial charge in [-0.25, -0.2) is 4.98 Å². The molecule has 0 saturated carbocycles. The van der Waals surface area contributed by atoms with Crippen molar-refractivity contribution in [3.8, 4) is 11.6 Å². The number of nitrogens with zero attached hydrogens (tertiary/aromatic N) is 1. The highest BCUT2D eigenvalue weighted by atomic mass is 35.5. The van der Waals surface area contributed by atoms with Crippen LogP contribution in [-0.4, -0.2) is 18.7 Å². The normalized spacial score (nSPS) is 10.6. The van der Waals surface area contributed by atoms with E-state index in [2.05, 4.69) is 4.98 Å². The maximum Gasteiger partial charge on any atom is 0.219 e. The first-order valence-electron chi connectivity index (χ1n) is 6.51. The number of rotatable bonds is 6. The Morgan fingerprint density at radius 1 is 1.10 bits per heavy atom. The number of alkyl halides is 1. The minimum atomic E-state index is 0.466. The van der Waals surface area contributed by atoms with Crippen LogP contribution in [0.5, 0.6) is 11.6 Å². The van der Waals surface area contributed by atoms with Crippen LogP contribution in [0.15, 0.2) is 36.4 Å². The Hall–Kier alpha value is -1.58. The van der Waals surface area contributed by atoms with Crippen molar-refractivity contribution >= 4 is 11.6 Å². The second-order valence-electron chi connectivity index (χ2n) is 4.52. The SMILES string of the molecule is COCCc1ccc(Oc2ccc(CCl)c(C)n2)cc1. The van der Waals surface area contributed by atoms with E-state index in [1.807, 2.05) is 43.3 Å². The van der Waals surface area contributed by atoms with Gasteiger partial charge in [-0.1, -0.05) is 18.2 Å². The second kappa shape index (κ2) is 7.27. The molecule has 0 N–H and O–H groups in total. The lowest BCUT2D eigenvalue weighted by molar-refractivity contribution is 0.202. The minimum Gasteiger partial charge on any atom is -0.439 e. The van der Waals surface area contributed by atoms with Gasteiger partial charge >= 0.3 is 0 Å². The minimum absolute atomic E-state index is 0.466. The zero-order valence-electron chi connectivity index (χ0n) is 11.7. The molecule has 0 spiro atoms. The lowest BCUT2D eigenvalue weighted by Crippen LogP contribution is -1.95. The van der Waals surface area contributed by atoms with Crippen LogP contribution in [0, 0.1) is 6.92 Å². The molecule has 0 saturated heterocycles. The quantitative estimate of drug-likeness (QED) is 0.751. The molecule has 0 fully saturated rings. The summed E-state index contributed by atoms with van der Waals surface area (Å²) in [5.41, 5.74) is 3.14. The molecule has 3 nitrogen and oxygen atoms in total. The highest BCUT2D eigenvalue weighted by Crippen LogP contribution is 2.22. The van der Waals surface area contributed by atoms with Gasteiger partial charge < -0.3 is 9.47 Å². The molecule has 2 rings (SSSR count). The van der Waals surface area contributed by atoms with Gasteiger partial charge in [-0.2, -0.15) is 0 Å². The molecule has 2 aromatic rings. The van der Waals surface area contributed by atoms with Crippen molar-refractivity contribution < 1.29 is 9.47 Å². The van der Waals surface area contributed by atoms with Crippen molar-refractivity contribution in [1.29, 1.82) is 0 Å². The summed E-state index contributed by atoms with van der Waals surface area (Å²) in [7, 11) is 1.70. The van der Waals surface area contributed by atoms with Crippen molar-refractivity contribution in [1.82, 2.24) is 4.98 Å². The summed E-state index contributed by atoms with van der Waals surface area (Å²) >= 11 is 5.81. The largest absolute Gasteiger partial charge is 0.439 e. The van der Waals surface area contributed by atoms with Gasteiger partial charge in [0.25, 0.3) is 0 Å². The highest BCUT2D eigenvalue weighted by molar-refractivity contribution is 6.17. The molecule has 0 amide bonds. The monoisotopic (exact) mass is 291 g/mol. The predicted octanol–water partition coefficient (Wildman–Crippen LogP) is 4.11. The van der Waals surface area contributed by atoms with Gasteiger partial charge in [0.1, 0.15) is 5.75 Å². The number of benzene rings is 1. The smallest absolute Gasteiger partial charge is 0.219 e. The Labute approximate surface area is 124 Å². The zero-order valence-corrected chi connectivity index (χ0v) is 12.5. The zero-order chi connectivity index (χ0) is 14.4. The number of pyridine rings is 1. The van der Waals surface area contributed by atoms with Crippen LogP contribution in [0.25, 0.3) is 0 Å². The summed E-state index contributed by atoms with van der Waals surface area (Å²) in [6.07, 6.45) is 0.901. The van der Waals surface area contributed by atoms with E-state index in [-0.39, 0.29) is 0 Å². The molecule has 106 valence electrons. The summed E-state index contributed by atoms with van der Waals surface area (Å²) in [5.74, 6) is 1.82. The number of aryl methyl sites for hydroxylation is 1. The Balaban J connectivity index is 2.04. The van der Waals surface area contributed by atoms with Crippen molar-refractivity contribution in [2.24, 2.45) is 0 Å². The molecule has 1 heterocycles. The third-order valence-electron chi connectivity index (χ3n) is 3.05. The number of hydrogen-bond acceptors (Lipinski definition) is 3. The van der Waals surface area contributed by atoms with E-state index in [1.165, 1.54) is 5.56 Å². The second-order valence-corrected chi connectivity index (χ2v) is 4.78. The van der Waals surface area contributed by atoms with E-state index in [1.54, 1.807) is 7.11 Å². The average molecular weight is 292 g/mol. The Kier molecular flexibility index (Phi) is 5.39. The summed E-state index contributed by atoms with van der Waals surface area (Å²) in [5, 5.41) is 0. The van der Waals surface area contributed by atoms with Crippen LogP contribution in [0.2, 0.25) is 0 Å². The molecule has 1 aromatic carbocycles. The Morgan fingerprint density at radius 2 is 1.85 bits per heavy atom. The fourth-order valence-electron chi connectivity index (χ4n) is 1.83. The third kappa shape index (κ3) is 3.95. The van der Waals surface area contributed by atoms with Crippen molar-refractivity contribution in [3.63, 3.8) is 0 Å². The van der Waals surface area contributed by atoms with Gasteiger partial charge in [-0.05, 0) is 36.6 Å². The third-order valence-corrected chi connectivity index (χ3v) is 3.34. The van der Waals surface area contributed by atoms with Crippen LogP contribution in [0.1, 0.15) is 16.8 Å². The molecule has 20 heavy (non-hydrogen) atoms. The Morgan fingerprint density at radius 3 is 2.45 bits per heavy atom. The molecule has 0 atom stereocenters. The van der Waals surface area contributed by atoms with Gasteiger partial charge in [0.2, 0.25) is 5.88 Å². The topological polar surface area (TPSA) is 31.4 Å². The molecule has 0 aliphatic rings. The van der Waals surface area contributed by atoms with Gasteiger partial charge in [0.15, 0.2) is 0 Å². The van der Waals surface area contributed by atoms with Crippen LogP contribution in [0.3, 0.4) is 0 Å². The number of methoxy groups -OCH3 is 1. The molecule has 0 unspecified atom stereocenters. The van der Waals surface area contributed by atoms with E-state index >= 15 is 0 Å². The molecule has 0 aliphatic heterocycles. The van der Waals surface area contributed by atoms with E-state index in [0.29, 0.717) is 11.8 Å². The number of aromatic nitrogens is 1. The van der Waals surface area contributed by atoms with E-state index in [4.69, 9.17) is 21.1 Å². The lowest BCUT2D eigenvalue weighted by Gasteiger charge is -2.08. The number of hydrogen-bond donors (Lipinski definition) is 0. The standard InChI is InChI=1S/C16H18ClNO2/c1-12-14(11-17)5-8-16(18-12)20-15-6-3-13(4-7-15)9-10-19-2/h3-8H,9-11H2,1-2H3. The molecule has 1 aromatic heterocycles. The van der Waals surface area contributed by atoms with Crippen LogP contribution in [0.4, 0.5) is 0 Å². The van der Waals surface area contributed by atoms with Crippen LogP contribution in [-0.2, 0) is 17.0 Å². The maximum atomic E-state index is 5.81. The van der Waals surface area contributed by atoms with Crippen molar-refractivity contribution in [2.45, 2.75) is 19.2 Å². The van der Waals surface area contributed by atoms with Crippen LogP contribution < -0.4 is 4.74 Å². The van der Waals surface area contributed by atoms with Gasteiger partial charge in [0.05, 0.1) is 6.61 Å². The van der Waals surface area contributed by atoms with Gasteiger partial charge in [0, 0.05) is 24.8 Å². The van der Waals surface area contributed by atoms with E-state index < -0.39 is 0 Å². The number of halogens is 1. The highest BCUT2D eigenvalue weighted by Gasteiger charge is 2.03. The van der Waals surface area contributed by atoms with Gasteiger partial charge in [-0.15, -0.1) is 11.6 Å². The van der Waals surface area contributed by atoms with Crippen LogP contribution >= 0.6 is 11.6 Å². The summed E-state index contributed by atoms with van der Waals surface area (Å²) < 4.78 is 10.8. The van der Waals surface area contributed by atoms with Gasteiger partial charge in [-0.3, -0.25) is 0 Å². The predicted molar refractivity (Wildman–Crippen MR) is 80.6 cm³/mol. The fraction of sp³-hybridized carbons (Fsp3) is 0.312. The molecule has 4 heteroatoms.